The summed E-state index contributed by atoms with van der Waals surface area (Å²) in [5.74, 6) is -0.152. The SMILES string of the molecule is NS(=O)(=O)CCNCc1ccc([N+](=O)[O-])s1. The lowest BCUT2D eigenvalue weighted by molar-refractivity contribution is -0.380. The minimum absolute atomic E-state index is 0.0725. The minimum Gasteiger partial charge on any atom is -0.311 e. The zero-order valence-corrected chi connectivity index (χ0v) is 9.88. The van der Waals surface area contributed by atoms with E-state index in [1.165, 1.54) is 6.07 Å². The Balaban J connectivity index is 2.35. The molecule has 1 heterocycles. The Morgan fingerprint density at radius 1 is 1.50 bits per heavy atom. The van der Waals surface area contributed by atoms with Crippen molar-refractivity contribution >= 4 is 26.4 Å². The van der Waals surface area contributed by atoms with E-state index in [-0.39, 0.29) is 17.3 Å². The largest absolute Gasteiger partial charge is 0.324 e. The number of hydrogen-bond acceptors (Lipinski definition) is 6. The normalized spacial score (nSPS) is 11.6. The van der Waals surface area contributed by atoms with E-state index in [0.29, 0.717) is 6.54 Å². The van der Waals surface area contributed by atoms with Crippen LogP contribution in [0.1, 0.15) is 4.88 Å². The first kappa shape index (κ1) is 13.0. The van der Waals surface area contributed by atoms with E-state index in [0.717, 1.165) is 16.2 Å². The summed E-state index contributed by atoms with van der Waals surface area (Å²) >= 11 is 1.06. The molecule has 0 aliphatic rings. The second-order valence-electron chi connectivity index (χ2n) is 3.04. The molecule has 9 heteroatoms. The number of primary sulfonamides is 1. The predicted molar refractivity (Wildman–Crippen MR) is 60.7 cm³/mol. The Morgan fingerprint density at radius 3 is 2.69 bits per heavy atom. The van der Waals surface area contributed by atoms with Gasteiger partial charge in [0.25, 0.3) is 0 Å². The van der Waals surface area contributed by atoms with Crippen LogP contribution >= 0.6 is 11.3 Å². The van der Waals surface area contributed by atoms with Gasteiger partial charge in [-0.05, 0) is 6.07 Å². The van der Waals surface area contributed by atoms with E-state index in [4.69, 9.17) is 5.14 Å². The average molecular weight is 265 g/mol. The van der Waals surface area contributed by atoms with Gasteiger partial charge in [0.2, 0.25) is 10.0 Å². The summed E-state index contributed by atoms with van der Waals surface area (Å²) in [6.45, 7) is 0.624. The number of sulfonamides is 1. The highest BCUT2D eigenvalue weighted by molar-refractivity contribution is 7.89. The van der Waals surface area contributed by atoms with Crippen molar-refractivity contribution in [2.45, 2.75) is 6.54 Å². The third-order valence-electron chi connectivity index (χ3n) is 1.69. The van der Waals surface area contributed by atoms with Crippen LogP contribution in [0, 0.1) is 10.1 Å². The molecule has 16 heavy (non-hydrogen) atoms. The zero-order chi connectivity index (χ0) is 12.2. The number of nitro groups is 1. The van der Waals surface area contributed by atoms with Crippen molar-refractivity contribution in [1.82, 2.24) is 5.32 Å². The van der Waals surface area contributed by atoms with Gasteiger partial charge in [-0.3, -0.25) is 10.1 Å². The van der Waals surface area contributed by atoms with Gasteiger partial charge in [-0.1, -0.05) is 11.3 Å². The van der Waals surface area contributed by atoms with Gasteiger partial charge in [-0.15, -0.1) is 0 Å². The smallest absolute Gasteiger partial charge is 0.311 e. The molecule has 0 bridgehead atoms. The lowest BCUT2D eigenvalue weighted by atomic mass is 10.4. The molecule has 0 fully saturated rings. The van der Waals surface area contributed by atoms with Crippen LogP contribution in [0.3, 0.4) is 0 Å². The van der Waals surface area contributed by atoms with Crippen molar-refractivity contribution in [3.63, 3.8) is 0 Å². The van der Waals surface area contributed by atoms with Gasteiger partial charge < -0.3 is 5.32 Å². The summed E-state index contributed by atoms with van der Waals surface area (Å²) < 4.78 is 21.2. The topological polar surface area (TPSA) is 115 Å². The molecule has 1 aromatic heterocycles. The maximum atomic E-state index is 10.6. The lowest BCUT2D eigenvalue weighted by Crippen LogP contribution is -2.26. The lowest BCUT2D eigenvalue weighted by Gasteiger charge is -2.00. The maximum absolute atomic E-state index is 10.6. The van der Waals surface area contributed by atoms with Crippen LogP contribution in [0.2, 0.25) is 0 Å². The standard InChI is InChI=1S/C7H11N3O4S2/c8-16(13,14)4-3-9-5-6-1-2-7(15-6)10(11)12/h1-2,9H,3-5H2,(H2,8,13,14). The first-order chi connectivity index (χ1) is 7.38. The minimum atomic E-state index is -3.45. The highest BCUT2D eigenvalue weighted by Gasteiger charge is 2.09. The molecule has 1 aromatic rings. The van der Waals surface area contributed by atoms with Gasteiger partial charge in [0, 0.05) is 24.0 Å². The number of thiophene rings is 1. The molecule has 1 rings (SSSR count). The van der Waals surface area contributed by atoms with E-state index >= 15 is 0 Å². The Hall–Kier alpha value is -1.03. The van der Waals surface area contributed by atoms with Crippen molar-refractivity contribution in [2.24, 2.45) is 5.14 Å². The number of nitrogens with zero attached hydrogens (tertiary/aromatic N) is 1. The maximum Gasteiger partial charge on any atom is 0.324 e. The van der Waals surface area contributed by atoms with Gasteiger partial charge in [0.05, 0.1) is 10.7 Å². The number of rotatable bonds is 6. The Bertz CT molecular complexity index is 468. The molecule has 7 nitrogen and oxygen atoms in total. The average Bonchev–Trinajstić information content (AvgIpc) is 2.59. The fraction of sp³-hybridized carbons (Fsp3) is 0.429. The van der Waals surface area contributed by atoms with E-state index in [1.807, 2.05) is 0 Å². The van der Waals surface area contributed by atoms with Gasteiger partial charge >= 0.3 is 5.00 Å². The van der Waals surface area contributed by atoms with E-state index in [9.17, 15) is 18.5 Å². The van der Waals surface area contributed by atoms with Crippen LogP contribution in [0.15, 0.2) is 12.1 Å². The highest BCUT2D eigenvalue weighted by atomic mass is 32.2. The molecule has 0 radical (unpaired) electrons. The summed E-state index contributed by atoms with van der Waals surface area (Å²) in [5, 5.41) is 18.1. The van der Waals surface area contributed by atoms with Crippen LogP contribution in [0.25, 0.3) is 0 Å². The molecule has 0 aliphatic carbocycles. The van der Waals surface area contributed by atoms with Crippen molar-refractivity contribution in [2.75, 3.05) is 12.3 Å². The van der Waals surface area contributed by atoms with E-state index < -0.39 is 14.9 Å². The van der Waals surface area contributed by atoms with Crippen molar-refractivity contribution in [3.05, 3.63) is 27.1 Å². The molecule has 90 valence electrons. The molecule has 0 spiro atoms. The molecule has 0 saturated carbocycles. The van der Waals surface area contributed by atoms with Crippen LogP contribution in [-0.2, 0) is 16.6 Å². The second kappa shape index (κ2) is 5.34. The van der Waals surface area contributed by atoms with Gasteiger partial charge in [-0.2, -0.15) is 0 Å². The molecular formula is C7H11N3O4S2. The third kappa shape index (κ3) is 4.66. The van der Waals surface area contributed by atoms with Crippen LogP contribution in [-0.4, -0.2) is 25.6 Å². The molecule has 0 unspecified atom stereocenters. The van der Waals surface area contributed by atoms with Crippen molar-refractivity contribution in [1.29, 1.82) is 0 Å². The number of nitrogens with two attached hydrogens (primary N) is 1. The van der Waals surface area contributed by atoms with E-state index in [1.54, 1.807) is 6.07 Å². The van der Waals surface area contributed by atoms with Crippen LogP contribution in [0.4, 0.5) is 5.00 Å². The predicted octanol–water partition coefficient (Wildman–Crippen LogP) is 0.0344. The monoisotopic (exact) mass is 265 g/mol. The Kier molecular flexibility index (Phi) is 4.35. The fourth-order valence-corrected chi connectivity index (χ4v) is 2.20. The van der Waals surface area contributed by atoms with Gasteiger partial charge in [-0.25, -0.2) is 13.6 Å². The quantitative estimate of drug-likeness (QED) is 0.428. The third-order valence-corrected chi connectivity index (χ3v) is 3.50. The Morgan fingerprint density at radius 2 is 2.19 bits per heavy atom. The molecule has 0 saturated heterocycles. The first-order valence-electron chi connectivity index (χ1n) is 4.33. The molecule has 0 amide bonds. The summed E-state index contributed by atoms with van der Waals surface area (Å²) in [6.07, 6.45) is 0. The molecule has 3 N–H and O–H groups in total. The molecular weight excluding hydrogens is 254 g/mol. The second-order valence-corrected chi connectivity index (χ2v) is 5.92. The zero-order valence-electron chi connectivity index (χ0n) is 8.25. The summed E-state index contributed by atoms with van der Waals surface area (Å²) in [5.41, 5.74) is 0. The fourth-order valence-electron chi connectivity index (χ4n) is 0.986. The van der Waals surface area contributed by atoms with Gasteiger partial charge in [0.15, 0.2) is 0 Å². The summed E-state index contributed by atoms with van der Waals surface area (Å²) in [6, 6.07) is 3.05. The van der Waals surface area contributed by atoms with Crippen LogP contribution in [0.5, 0.6) is 0 Å². The van der Waals surface area contributed by atoms with Crippen molar-refractivity contribution < 1.29 is 13.3 Å². The number of nitrogens with one attached hydrogen (secondary N) is 1. The molecule has 0 aromatic carbocycles. The van der Waals surface area contributed by atoms with E-state index in [2.05, 4.69) is 5.32 Å². The first-order valence-corrected chi connectivity index (χ1v) is 6.86. The highest BCUT2D eigenvalue weighted by Crippen LogP contribution is 2.23. The van der Waals surface area contributed by atoms with Crippen molar-refractivity contribution in [3.8, 4) is 0 Å². The summed E-state index contributed by atoms with van der Waals surface area (Å²) in [7, 11) is -3.45. The van der Waals surface area contributed by atoms with Crippen LogP contribution < -0.4 is 10.5 Å². The van der Waals surface area contributed by atoms with Gasteiger partial charge in [0.1, 0.15) is 0 Å². The molecule has 0 atom stereocenters. The number of hydrogen-bond donors (Lipinski definition) is 2. The molecule has 0 aliphatic heterocycles. The summed E-state index contributed by atoms with van der Waals surface area (Å²) in [4.78, 5) is 10.7. The Labute approximate surface area is 96.5 Å².